The monoisotopic (exact) mass is 281 g/mol. The Hall–Kier alpha value is -1.16. The van der Waals surface area contributed by atoms with Gasteiger partial charge >= 0.3 is 14.3 Å². The highest BCUT2D eigenvalue weighted by Gasteiger charge is 2.63. The fourth-order valence-corrected chi connectivity index (χ4v) is 2.11. The van der Waals surface area contributed by atoms with Gasteiger partial charge in [-0.3, -0.25) is 15.4 Å². The Kier molecular flexibility index (Phi) is 3.32. The molecule has 0 aromatic carbocycles. The van der Waals surface area contributed by atoms with Crippen molar-refractivity contribution in [2.45, 2.75) is 24.0 Å². The Labute approximate surface area is 101 Å². The number of hydrogen-bond donors (Lipinski definition) is 5. The zero-order valence-corrected chi connectivity index (χ0v) is 9.66. The van der Waals surface area contributed by atoms with E-state index >= 15 is 0 Å². The van der Waals surface area contributed by atoms with Gasteiger partial charge < -0.3 is 14.9 Å². The number of nitrogens with one attached hydrogen (secondary N) is 2. The maximum absolute atomic E-state index is 11.5. The van der Waals surface area contributed by atoms with Gasteiger partial charge in [0.25, 0.3) is 11.6 Å². The van der Waals surface area contributed by atoms with E-state index in [0.717, 1.165) is 0 Å². The molecule has 2 saturated heterocycles. The van der Waals surface area contributed by atoms with E-state index in [9.17, 15) is 24.4 Å². The normalized spacial score (nSPS) is 39.9. The number of urea groups is 1. The molecule has 2 aliphatic rings. The molecule has 3 amide bonds. The number of rotatable bonds is 3. The molecule has 5 N–H and O–H groups in total. The van der Waals surface area contributed by atoms with E-state index in [-0.39, 0.29) is 0 Å². The summed E-state index contributed by atoms with van der Waals surface area (Å²) in [5.74, 6) is -0.949. The molecule has 2 aliphatic heterocycles. The van der Waals surface area contributed by atoms with Crippen LogP contribution in [-0.2, 0) is 18.6 Å². The van der Waals surface area contributed by atoms with Crippen molar-refractivity contribution in [2.24, 2.45) is 0 Å². The molecule has 11 heteroatoms. The molecule has 10 nitrogen and oxygen atoms in total. The van der Waals surface area contributed by atoms with Crippen LogP contribution < -0.4 is 10.6 Å². The van der Waals surface area contributed by atoms with Crippen molar-refractivity contribution >= 4 is 20.2 Å². The van der Waals surface area contributed by atoms with Crippen molar-refractivity contribution in [3.63, 3.8) is 0 Å². The highest BCUT2D eigenvalue weighted by molar-refractivity contribution is 7.32. The van der Waals surface area contributed by atoms with Crippen LogP contribution in [0.1, 0.15) is 0 Å². The zero-order valence-electron chi connectivity index (χ0n) is 8.77. The van der Waals surface area contributed by atoms with Gasteiger partial charge in [0.2, 0.25) is 0 Å². The van der Waals surface area contributed by atoms with E-state index in [1.807, 2.05) is 5.32 Å². The minimum Gasteiger partial charge on any atom is -0.387 e. The molecule has 5 atom stereocenters. The van der Waals surface area contributed by atoms with Crippen LogP contribution in [0.4, 0.5) is 4.79 Å². The van der Waals surface area contributed by atoms with Crippen LogP contribution in [0.5, 0.6) is 0 Å². The Bertz CT molecular complexity index is 416. The van der Waals surface area contributed by atoms with Gasteiger partial charge in [0.1, 0.15) is 24.9 Å². The first kappa shape index (κ1) is 13.3. The highest BCUT2D eigenvalue weighted by Crippen LogP contribution is 2.33. The van der Waals surface area contributed by atoms with Gasteiger partial charge in [-0.05, 0) is 0 Å². The van der Waals surface area contributed by atoms with Gasteiger partial charge in [-0.1, -0.05) is 0 Å². The van der Waals surface area contributed by atoms with E-state index in [1.165, 1.54) is 0 Å². The largest absolute Gasteiger partial charge is 0.694 e. The Morgan fingerprint density at radius 2 is 2.11 bits per heavy atom. The lowest BCUT2D eigenvalue weighted by molar-refractivity contribution is -0.153. The number of hydrogen-bond acceptors (Lipinski definition) is 7. The molecule has 0 aromatic rings. The summed E-state index contributed by atoms with van der Waals surface area (Å²) in [6.45, 7) is -0.519. The molecule has 100 valence electrons. The molecule has 0 saturated carbocycles. The summed E-state index contributed by atoms with van der Waals surface area (Å²) < 4.78 is 19.7. The van der Waals surface area contributed by atoms with Crippen LogP contribution in [0.25, 0.3) is 0 Å². The maximum atomic E-state index is 11.5. The third-order valence-corrected chi connectivity index (χ3v) is 3.04. The van der Waals surface area contributed by atoms with Crippen LogP contribution in [0.15, 0.2) is 0 Å². The number of imide groups is 1. The van der Waals surface area contributed by atoms with Crippen LogP contribution in [0.3, 0.4) is 0 Å². The second-order valence-corrected chi connectivity index (χ2v) is 4.50. The smallest absolute Gasteiger partial charge is 0.387 e. The van der Waals surface area contributed by atoms with E-state index in [4.69, 9.17) is 9.63 Å². The minimum atomic E-state index is -2.90. The van der Waals surface area contributed by atoms with Crippen molar-refractivity contribution in [3.8, 4) is 0 Å². The zero-order chi connectivity index (χ0) is 13.5. The van der Waals surface area contributed by atoms with Crippen molar-refractivity contribution in [2.75, 3.05) is 6.61 Å². The van der Waals surface area contributed by atoms with E-state index < -0.39 is 50.8 Å². The lowest BCUT2D eigenvalue weighted by Crippen LogP contribution is -2.56. The number of amides is 3. The summed E-state index contributed by atoms with van der Waals surface area (Å²) in [7, 11) is -2.90. The van der Waals surface area contributed by atoms with Crippen LogP contribution in [-0.4, -0.2) is 57.7 Å². The Morgan fingerprint density at radius 3 is 2.61 bits per heavy atom. The first-order valence-electron chi connectivity index (χ1n) is 4.83. The van der Waals surface area contributed by atoms with Gasteiger partial charge in [-0.25, -0.2) is 4.79 Å². The predicted octanol–water partition coefficient (Wildman–Crippen LogP) is -2.69. The number of aliphatic hydroxyl groups is 2. The average Bonchev–Trinajstić information content (AvgIpc) is 2.69. The molecule has 2 heterocycles. The van der Waals surface area contributed by atoms with Crippen LogP contribution >= 0.6 is 8.25 Å². The molecule has 2 fully saturated rings. The molecular formula is C7H10N2O8P+. The number of carbonyl (C=O) groups excluding carboxylic acids is 2. The van der Waals surface area contributed by atoms with Gasteiger partial charge in [0, 0.05) is 4.57 Å². The van der Waals surface area contributed by atoms with Gasteiger partial charge in [-0.2, -0.15) is 0 Å². The van der Waals surface area contributed by atoms with Crippen molar-refractivity contribution in [3.05, 3.63) is 0 Å². The summed E-state index contributed by atoms with van der Waals surface area (Å²) in [5, 5.41) is 23.3. The average molecular weight is 281 g/mol. The van der Waals surface area contributed by atoms with Crippen molar-refractivity contribution < 1.29 is 38.5 Å². The second kappa shape index (κ2) is 4.50. The first-order valence-corrected chi connectivity index (χ1v) is 5.96. The fraction of sp³-hybridized carbons (Fsp3) is 0.714. The van der Waals surface area contributed by atoms with Gasteiger partial charge in [0.05, 0.1) is 0 Å². The molecule has 0 radical (unpaired) electrons. The lowest BCUT2D eigenvalue weighted by Gasteiger charge is -2.22. The van der Waals surface area contributed by atoms with E-state index in [1.54, 1.807) is 0 Å². The molecule has 18 heavy (non-hydrogen) atoms. The summed E-state index contributed by atoms with van der Waals surface area (Å²) >= 11 is 0. The quantitative estimate of drug-likeness (QED) is 0.277. The van der Waals surface area contributed by atoms with E-state index in [2.05, 4.69) is 9.84 Å². The first-order chi connectivity index (χ1) is 8.36. The third-order valence-electron chi connectivity index (χ3n) is 2.67. The third kappa shape index (κ3) is 1.99. The maximum Gasteiger partial charge on any atom is 0.694 e. The molecule has 0 bridgehead atoms. The van der Waals surface area contributed by atoms with Crippen LogP contribution in [0.2, 0.25) is 0 Å². The number of carbonyl (C=O) groups is 2. The Morgan fingerprint density at radius 1 is 1.44 bits per heavy atom. The molecule has 3 unspecified atom stereocenters. The molecule has 0 aromatic heterocycles. The molecule has 2 rings (SSSR count). The van der Waals surface area contributed by atoms with Crippen molar-refractivity contribution in [1.29, 1.82) is 0 Å². The summed E-state index contributed by atoms with van der Waals surface area (Å²) in [5.41, 5.74) is -2.09. The molecule has 1 spiro atoms. The van der Waals surface area contributed by atoms with Crippen LogP contribution in [0, 0.1) is 0 Å². The summed E-state index contributed by atoms with van der Waals surface area (Å²) in [6, 6.07) is -0.874. The lowest BCUT2D eigenvalue weighted by atomic mass is 10.0. The fourth-order valence-electron chi connectivity index (χ4n) is 1.84. The highest BCUT2D eigenvalue weighted by atomic mass is 31.1. The molecule has 0 aliphatic carbocycles. The molecular weight excluding hydrogens is 271 g/mol. The van der Waals surface area contributed by atoms with Gasteiger partial charge in [-0.15, -0.1) is 9.42 Å². The summed E-state index contributed by atoms with van der Waals surface area (Å²) in [4.78, 5) is 31.0. The van der Waals surface area contributed by atoms with E-state index in [0.29, 0.717) is 0 Å². The standard InChI is InChI=1S/C7H9N2O8P/c10-3-2(1-16-18(14)15)17-7(4(3)11)5(12)8-6(13)9-7/h2-4,10-11H,1H2,(H2-,8,9,12,13,14,15)/p+1/t2-,3?,4?,7+/m1/s1. The van der Waals surface area contributed by atoms with Gasteiger partial charge in [0.15, 0.2) is 0 Å². The van der Waals surface area contributed by atoms with Crippen molar-refractivity contribution in [1.82, 2.24) is 10.6 Å². The summed E-state index contributed by atoms with van der Waals surface area (Å²) in [6.07, 6.45) is -4.49. The Balaban J connectivity index is 2.14. The number of aliphatic hydroxyl groups excluding tert-OH is 2. The minimum absolute atomic E-state index is 0.519. The topological polar surface area (TPSA) is 154 Å². The predicted molar refractivity (Wildman–Crippen MR) is 52.1 cm³/mol. The second-order valence-electron chi connectivity index (χ2n) is 3.77. The number of ether oxygens (including phenoxy) is 1. The SMILES string of the molecule is O=C1NC(=O)[C@@]2(N1)O[C@H](CO[P+](=O)O)C(O)C2O.